The number of nitrogens with one attached hydrogen (secondary N) is 1. The Morgan fingerprint density at radius 1 is 1.20 bits per heavy atom. The normalized spacial score (nSPS) is 17.6. The topological polar surface area (TPSA) is 32.3 Å². The van der Waals surface area contributed by atoms with Crippen LogP contribution in [0.25, 0.3) is 0 Å². The highest BCUT2D eigenvalue weighted by Crippen LogP contribution is 2.47. The SMILES string of the molecule is C#Cc1cccc(C2(NC(c3cc(F)cc(F)c3)C(O)CC)CC2)c1. The molecule has 0 heterocycles. The maximum atomic E-state index is 13.7. The average molecular weight is 341 g/mol. The van der Waals surface area contributed by atoms with Gasteiger partial charge in [-0.1, -0.05) is 25.0 Å². The molecule has 2 aromatic carbocycles. The van der Waals surface area contributed by atoms with Crippen LogP contribution in [0.1, 0.15) is 48.9 Å². The van der Waals surface area contributed by atoms with Gasteiger partial charge in [-0.2, -0.15) is 0 Å². The number of aliphatic hydroxyl groups is 1. The van der Waals surface area contributed by atoms with Crippen molar-refractivity contribution in [2.24, 2.45) is 0 Å². The number of terminal acetylenes is 1. The Morgan fingerprint density at radius 2 is 1.88 bits per heavy atom. The summed E-state index contributed by atoms with van der Waals surface area (Å²) in [6.45, 7) is 1.84. The van der Waals surface area contributed by atoms with Gasteiger partial charge in [0.05, 0.1) is 12.1 Å². The molecule has 1 aliphatic rings. The van der Waals surface area contributed by atoms with Crippen molar-refractivity contribution in [1.82, 2.24) is 5.32 Å². The van der Waals surface area contributed by atoms with Crippen molar-refractivity contribution in [3.05, 3.63) is 70.8 Å². The highest BCUT2D eigenvalue weighted by atomic mass is 19.1. The zero-order chi connectivity index (χ0) is 18.0. The molecule has 2 nitrogen and oxygen atoms in total. The molecule has 0 aromatic heterocycles. The van der Waals surface area contributed by atoms with Gasteiger partial charge >= 0.3 is 0 Å². The smallest absolute Gasteiger partial charge is 0.126 e. The van der Waals surface area contributed by atoms with Gasteiger partial charge in [0.25, 0.3) is 0 Å². The van der Waals surface area contributed by atoms with Gasteiger partial charge in [-0.25, -0.2) is 8.78 Å². The molecular weight excluding hydrogens is 320 g/mol. The van der Waals surface area contributed by atoms with Crippen molar-refractivity contribution in [3.63, 3.8) is 0 Å². The van der Waals surface area contributed by atoms with E-state index >= 15 is 0 Å². The van der Waals surface area contributed by atoms with Crippen LogP contribution in [0.5, 0.6) is 0 Å². The molecule has 0 amide bonds. The van der Waals surface area contributed by atoms with Crippen LogP contribution in [0, 0.1) is 24.0 Å². The fourth-order valence-corrected chi connectivity index (χ4v) is 3.24. The minimum absolute atomic E-state index is 0.323. The molecule has 130 valence electrons. The standard InChI is InChI=1S/C21H21F2NO/c1-3-14-6-5-7-16(10-14)21(8-9-21)24-20(19(25)4-2)15-11-17(22)13-18(23)12-15/h1,5-7,10-13,19-20,24-25H,4,8-9H2,2H3. The molecule has 4 heteroatoms. The lowest BCUT2D eigenvalue weighted by atomic mass is 9.95. The highest BCUT2D eigenvalue weighted by molar-refractivity contribution is 5.41. The Labute approximate surface area is 146 Å². The predicted octanol–water partition coefficient (Wildman–Crippen LogP) is 4.04. The Hall–Kier alpha value is -2.22. The second-order valence-electron chi connectivity index (χ2n) is 6.61. The first kappa shape index (κ1) is 17.6. The van der Waals surface area contributed by atoms with Gasteiger partial charge in [-0.15, -0.1) is 6.42 Å². The average Bonchev–Trinajstić information content (AvgIpc) is 3.39. The quantitative estimate of drug-likeness (QED) is 0.778. The van der Waals surface area contributed by atoms with E-state index in [4.69, 9.17) is 6.42 Å². The lowest BCUT2D eigenvalue weighted by Gasteiger charge is -2.30. The van der Waals surface area contributed by atoms with Gasteiger partial charge in [0.15, 0.2) is 0 Å². The predicted molar refractivity (Wildman–Crippen MR) is 93.8 cm³/mol. The number of halogens is 2. The summed E-state index contributed by atoms with van der Waals surface area (Å²) < 4.78 is 27.3. The van der Waals surface area contributed by atoms with Gasteiger partial charge in [0.1, 0.15) is 11.6 Å². The fourth-order valence-electron chi connectivity index (χ4n) is 3.24. The van der Waals surface area contributed by atoms with Crippen LogP contribution in [0.3, 0.4) is 0 Å². The van der Waals surface area contributed by atoms with Gasteiger partial charge < -0.3 is 5.11 Å². The van der Waals surface area contributed by atoms with Gasteiger partial charge in [-0.3, -0.25) is 5.32 Å². The van der Waals surface area contributed by atoms with E-state index < -0.39 is 23.8 Å². The number of rotatable bonds is 6. The third-order valence-electron chi connectivity index (χ3n) is 4.81. The molecule has 0 radical (unpaired) electrons. The molecule has 25 heavy (non-hydrogen) atoms. The van der Waals surface area contributed by atoms with E-state index in [0.717, 1.165) is 30.0 Å². The van der Waals surface area contributed by atoms with Crippen molar-refractivity contribution >= 4 is 0 Å². The van der Waals surface area contributed by atoms with Crippen molar-refractivity contribution in [3.8, 4) is 12.3 Å². The van der Waals surface area contributed by atoms with Crippen molar-refractivity contribution in [1.29, 1.82) is 0 Å². The van der Waals surface area contributed by atoms with E-state index in [-0.39, 0.29) is 5.54 Å². The van der Waals surface area contributed by atoms with E-state index in [0.29, 0.717) is 12.0 Å². The summed E-state index contributed by atoms with van der Waals surface area (Å²) in [5.74, 6) is 1.33. The molecule has 0 saturated heterocycles. The number of aliphatic hydroxyl groups excluding tert-OH is 1. The summed E-state index contributed by atoms with van der Waals surface area (Å²) in [6, 6.07) is 10.5. The Balaban J connectivity index is 1.94. The van der Waals surface area contributed by atoms with Gasteiger partial charge in [-0.05, 0) is 54.7 Å². The molecular formula is C21H21F2NO. The maximum Gasteiger partial charge on any atom is 0.126 e. The summed E-state index contributed by atoms with van der Waals surface area (Å²) in [5, 5.41) is 13.9. The zero-order valence-electron chi connectivity index (χ0n) is 14.1. The lowest BCUT2D eigenvalue weighted by Crippen LogP contribution is -2.39. The van der Waals surface area contributed by atoms with Gasteiger partial charge in [0, 0.05) is 17.2 Å². The molecule has 1 fully saturated rings. The molecule has 1 aliphatic carbocycles. The Kier molecular flexibility index (Phi) is 4.89. The molecule has 0 bridgehead atoms. The largest absolute Gasteiger partial charge is 0.391 e. The summed E-state index contributed by atoms with van der Waals surface area (Å²) in [5.41, 5.74) is 1.91. The summed E-state index contributed by atoms with van der Waals surface area (Å²) >= 11 is 0. The Bertz CT molecular complexity index is 788. The first-order chi connectivity index (χ1) is 12.0. The van der Waals surface area contributed by atoms with Crippen LogP contribution in [0.2, 0.25) is 0 Å². The summed E-state index contributed by atoms with van der Waals surface area (Å²) in [6.07, 6.45) is 6.96. The number of hydrogen-bond acceptors (Lipinski definition) is 2. The van der Waals surface area contributed by atoms with E-state index in [1.54, 1.807) is 0 Å². The summed E-state index contributed by atoms with van der Waals surface area (Å²) in [4.78, 5) is 0. The molecule has 1 saturated carbocycles. The number of hydrogen-bond donors (Lipinski definition) is 2. The van der Waals surface area contributed by atoms with E-state index in [1.807, 2.05) is 31.2 Å². The van der Waals surface area contributed by atoms with Crippen molar-refractivity contribution < 1.29 is 13.9 Å². The van der Waals surface area contributed by atoms with Crippen LogP contribution in [0.4, 0.5) is 8.78 Å². The minimum Gasteiger partial charge on any atom is -0.391 e. The van der Waals surface area contributed by atoms with Crippen LogP contribution >= 0.6 is 0 Å². The maximum absolute atomic E-state index is 13.7. The zero-order valence-corrected chi connectivity index (χ0v) is 14.1. The number of benzene rings is 2. The van der Waals surface area contributed by atoms with Gasteiger partial charge in [0.2, 0.25) is 0 Å². The first-order valence-corrected chi connectivity index (χ1v) is 8.46. The lowest BCUT2D eigenvalue weighted by molar-refractivity contribution is 0.113. The molecule has 0 spiro atoms. The van der Waals surface area contributed by atoms with Crippen molar-refractivity contribution in [2.45, 2.75) is 43.9 Å². The molecule has 2 atom stereocenters. The molecule has 2 aromatic rings. The van der Waals surface area contributed by atoms with Crippen LogP contribution in [-0.2, 0) is 5.54 Å². The Morgan fingerprint density at radius 3 is 2.44 bits per heavy atom. The van der Waals surface area contributed by atoms with Crippen LogP contribution < -0.4 is 5.32 Å². The minimum atomic E-state index is -0.755. The third-order valence-corrected chi connectivity index (χ3v) is 4.81. The summed E-state index contributed by atoms with van der Waals surface area (Å²) in [7, 11) is 0. The molecule has 2 unspecified atom stereocenters. The molecule has 3 rings (SSSR count). The second kappa shape index (κ2) is 6.95. The highest BCUT2D eigenvalue weighted by Gasteiger charge is 2.46. The fraction of sp³-hybridized carbons (Fsp3) is 0.333. The monoisotopic (exact) mass is 341 g/mol. The van der Waals surface area contributed by atoms with E-state index in [1.165, 1.54) is 12.1 Å². The van der Waals surface area contributed by atoms with Crippen LogP contribution in [0.15, 0.2) is 42.5 Å². The third kappa shape index (κ3) is 3.73. The van der Waals surface area contributed by atoms with E-state index in [9.17, 15) is 13.9 Å². The van der Waals surface area contributed by atoms with E-state index in [2.05, 4.69) is 11.2 Å². The first-order valence-electron chi connectivity index (χ1n) is 8.46. The van der Waals surface area contributed by atoms with Crippen LogP contribution in [-0.4, -0.2) is 11.2 Å². The molecule has 2 N–H and O–H groups in total. The second-order valence-corrected chi connectivity index (χ2v) is 6.61. The van der Waals surface area contributed by atoms with Crippen molar-refractivity contribution in [2.75, 3.05) is 0 Å². The molecule has 0 aliphatic heterocycles.